The topological polar surface area (TPSA) is 52.3 Å². The first kappa shape index (κ1) is 15.3. The summed E-state index contributed by atoms with van der Waals surface area (Å²) in [6, 6.07) is 16.2. The Hall–Kier alpha value is -2.59. The summed E-state index contributed by atoms with van der Waals surface area (Å²) in [5.41, 5.74) is 1.88. The van der Waals surface area contributed by atoms with Gasteiger partial charge in [-0.15, -0.1) is 0 Å². The molecule has 1 heterocycles. The summed E-state index contributed by atoms with van der Waals surface area (Å²) in [4.78, 5) is 16.4. The normalized spacial score (nSPS) is 10.5. The molecule has 0 amide bonds. The molecular weight excluding hydrogens is 314 g/mol. The van der Waals surface area contributed by atoms with Gasteiger partial charge in [0.05, 0.1) is 5.56 Å². The van der Waals surface area contributed by atoms with Crippen LogP contribution in [0.5, 0.6) is 0 Å². The summed E-state index contributed by atoms with van der Waals surface area (Å²) in [6.45, 7) is 1.84. The van der Waals surface area contributed by atoms with Crippen LogP contribution in [0, 0.1) is 6.92 Å². The zero-order chi connectivity index (χ0) is 16.2. The second kappa shape index (κ2) is 6.67. The summed E-state index contributed by atoms with van der Waals surface area (Å²) >= 11 is 5.87. The zero-order valence-corrected chi connectivity index (χ0v) is 13.2. The second-order valence-electron chi connectivity index (χ2n) is 4.97. The van der Waals surface area contributed by atoms with Gasteiger partial charge < -0.3 is 9.15 Å². The van der Waals surface area contributed by atoms with E-state index in [0.717, 1.165) is 5.56 Å². The molecule has 0 aliphatic heterocycles. The lowest BCUT2D eigenvalue weighted by Gasteiger charge is -2.03. The number of hydrogen-bond donors (Lipinski definition) is 0. The van der Waals surface area contributed by atoms with Gasteiger partial charge in [-0.25, -0.2) is 9.78 Å². The van der Waals surface area contributed by atoms with Gasteiger partial charge in [-0.1, -0.05) is 35.9 Å². The molecule has 0 radical (unpaired) electrons. The van der Waals surface area contributed by atoms with E-state index in [9.17, 15) is 4.79 Å². The molecule has 0 N–H and O–H groups in total. The van der Waals surface area contributed by atoms with Crippen molar-refractivity contribution in [2.24, 2.45) is 0 Å². The van der Waals surface area contributed by atoms with E-state index in [-0.39, 0.29) is 6.61 Å². The predicted octanol–water partition coefficient (Wildman–Crippen LogP) is 4.66. The first-order valence-electron chi connectivity index (χ1n) is 7.08. The van der Waals surface area contributed by atoms with E-state index in [1.165, 1.54) is 0 Å². The highest BCUT2D eigenvalue weighted by molar-refractivity contribution is 6.30. The number of aryl methyl sites for hydroxylation is 1. The number of oxazole rings is 1. The molecular formula is C18H14ClNO3. The second-order valence-corrected chi connectivity index (χ2v) is 5.41. The Morgan fingerprint density at radius 1 is 1.17 bits per heavy atom. The summed E-state index contributed by atoms with van der Waals surface area (Å²) in [5.74, 6) is 0.691. The van der Waals surface area contributed by atoms with Gasteiger partial charge in [-0.3, -0.25) is 0 Å². The predicted molar refractivity (Wildman–Crippen MR) is 87.2 cm³/mol. The average molecular weight is 328 g/mol. The van der Waals surface area contributed by atoms with Gasteiger partial charge in [0.2, 0.25) is 5.89 Å². The third kappa shape index (κ3) is 3.60. The first-order valence-corrected chi connectivity index (χ1v) is 7.45. The van der Waals surface area contributed by atoms with Crippen LogP contribution in [0.3, 0.4) is 0 Å². The van der Waals surface area contributed by atoms with Gasteiger partial charge in [0.1, 0.15) is 18.1 Å². The molecule has 0 bridgehead atoms. The molecule has 3 rings (SSSR count). The summed E-state index contributed by atoms with van der Waals surface area (Å²) in [6.07, 6.45) is 0. The van der Waals surface area contributed by atoms with Crippen LogP contribution in [-0.4, -0.2) is 11.0 Å². The van der Waals surface area contributed by atoms with E-state index in [4.69, 9.17) is 20.8 Å². The van der Waals surface area contributed by atoms with E-state index in [0.29, 0.717) is 27.9 Å². The molecule has 4 nitrogen and oxygen atoms in total. The monoisotopic (exact) mass is 327 g/mol. The molecule has 0 fully saturated rings. The molecule has 0 saturated heterocycles. The lowest BCUT2D eigenvalue weighted by molar-refractivity contribution is 0.0467. The van der Waals surface area contributed by atoms with Crippen LogP contribution in [0.25, 0.3) is 11.5 Å². The van der Waals surface area contributed by atoms with E-state index in [2.05, 4.69) is 4.98 Å². The molecule has 0 aliphatic rings. The van der Waals surface area contributed by atoms with Crippen molar-refractivity contribution >= 4 is 17.6 Å². The minimum atomic E-state index is -0.448. The number of benzene rings is 2. The number of esters is 1. The maximum atomic E-state index is 12.0. The van der Waals surface area contributed by atoms with Gasteiger partial charge >= 0.3 is 5.97 Å². The number of rotatable bonds is 4. The maximum Gasteiger partial charge on any atom is 0.338 e. The number of hydrogen-bond acceptors (Lipinski definition) is 4. The lowest BCUT2D eigenvalue weighted by Crippen LogP contribution is -2.06. The van der Waals surface area contributed by atoms with Crippen molar-refractivity contribution in [1.82, 2.24) is 4.98 Å². The molecule has 0 spiro atoms. The first-order chi connectivity index (χ1) is 11.1. The highest BCUT2D eigenvalue weighted by Gasteiger charge is 2.14. The Morgan fingerprint density at radius 2 is 1.96 bits per heavy atom. The fourth-order valence-electron chi connectivity index (χ4n) is 2.10. The van der Waals surface area contributed by atoms with Crippen LogP contribution >= 0.6 is 11.6 Å². The summed E-state index contributed by atoms with van der Waals surface area (Å²) < 4.78 is 10.9. The van der Waals surface area contributed by atoms with Gasteiger partial charge in [0.25, 0.3) is 0 Å². The van der Waals surface area contributed by atoms with Gasteiger partial charge in [-0.2, -0.15) is 0 Å². The van der Waals surface area contributed by atoms with Crippen LogP contribution < -0.4 is 0 Å². The zero-order valence-electron chi connectivity index (χ0n) is 12.5. The minimum absolute atomic E-state index is 0.0491. The maximum absolute atomic E-state index is 12.0. The molecule has 23 heavy (non-hydrogen) atoms. The Balaban J connectivity index is 1.71. The largest absolute Gasteiger partial charge is 0.455 e. The van der Waals surface area contributed by atoms with Crippen LogP contribution in [-0.2, 0) is 11.3 Å². The number of carbonyl (C=O) groups excluding carboxylic acids is 1. The van der Waals surface area contributed by atoms with Crippen LogP contribution in [0.15, 0.2) is 59.0 Å². The smallest absolute Gasteiger partial charge is 0.338 e. The van der Waals surface area contributed by atoms with Crippen molar-refractivity contribution in [2.75, 3.05) is 0 Å². The van der Waals surface area contributed by atoms with Crippen molar-refractivity contribution in [3.63, 3.8) is 0 Å². The fraction of sp³-hybridized carbons (Fsp3) is 0.111. The highest BCUT2D eigenvalue weighted by Crippen LogP contribution is 2.22. The van der Waals surface area contributed by atoms with Gasteiger partial charge in [0, 0.05) is 10.6 Å². The Morgan fingerprint density at radius 3 is 2.70 bits per heavy atom. The molecule has 0 saturated carbocycles. The van der Waals surface area contributed by atoms with Crippen molar-refractivity contribution < 1.29 is 13.9 Å². The van der Waals surface area contributed by atoms with E-state index in [1.54, 1.807) is 31.2 Å². The molecule has 116 valence electrons. The SMILES string of the molecule is Cc1oc(-c2ccccc2)nc1COC(=O)c1cccc(Cl)c1. The molecule has 2 aromatic carbocycles. The number of carbonyl (C=O) groups is 1. The number of ether oxygens (including phenoxy) is 1. The summed E-state index contributed by atoms with van der Waals surface area (Å²) in [5, 5.41) is 0.489. The van der Waals surface area contributed by atoms with E-state index >= 15 is 0 Å². The third-order valence-corrected chi connectivity index (χ3v) is 3.55. The standard InChI is InChI=1S/C18H14ClNO3/c1-12-16(20-17(23-12)13-6-3-2-4-7-13)11-22-18(21)14-8-5-9-15(19)10-14/h2-10H,11H2,1H3. The molecule has 1 aromatic heterocycles. The van der Waals surface area contributed by atoms with Crippen molar-refractivity contribution in [1.29, 1.82) is 0 Å². The molecule has 3 aromatic rings. The quantitative estimate of drug-likeness (QED) is 0.654. The van der Waals surface area contributed by atoms with Gasteiger partial charge in [-0.05, 0) is 37.3 Å². The van der Waals surface area contributed by atoms with Crippen LogP contribution in [0.4, 0.5) is 0 Å². The Kier molecular flexibility index (Phi) is 4.44. The molecule has 0 aliphatic carbocycles. The number of nitrogens with zero attached hydrogens (tertiary/aromatic N) is 1. The molecule has 5 heteroatoms. The molecule has 0 unspecified atom stereocenters. The molecule has 0 atom stereocenters. The Labute approximate surface area is 138 Å². The Bertz CT molecular complexity index is 827. The minimum Gasteiger partial charge on any atom is -0.455 e. The summed E-state index contributed by atoms with van der Waals surface area (Å²) in [7, 11) is 0. The third-order valence-electron chi connectivity index (χ3n) is 3.31. The lowest BCUT2D eigenvalue weighted by atomic mass is 10.2. The number of halogens is 1. The van der Waals surface area contributed by atoms with Crippen molar-refractivity contribution in [3.8, 4) is 11.5 Å². The number of aromatic nitrogens is 1. The highest BCUT2D eigenvalue weighted by atomic mass is 35.5. The van der Waals surface area contributed by atoms with Crippen molar-refractivity contribution in [2.45, 2.75) is 13.5 Å². The van der Waals surface area contributed by atoms with Gasteiger partial charge in [0.15, 0.2) is 0 Å². The van der Waals surface area contributed by atoms with Crippen LogP contribution in [0.1, 0.15) is 21.8 Å². The fourth-order valence-corrected chi connectivity index (χ4v) is 2.29. The van der Waals surface area contributed by atoms with Crippen LogP contribution in [0.2, 0.25) is 5.02 Å². The average Bonchev–Trinajstić information content (AvgIpc) is 2.94. The van der Waals surface area contributed by atoms with Crippen molar-refractivity contribution in [3.05, 3.63) is 76.6 Å². The van der Waals surface area contributed by atoms with E-state index < -0.39 is 5.97 Å². The van der Waals surface area contributed by atoms with E-state index in [1.807, 2.05) is 30.3 Å².